The zero-order chi connectivity index (χ0) is 13.0. The molecule has 0 aliphatic carbocycles. The van der Waals surface area contributed by atoms with Gasteiger partial charge in [-0.05, 0) is 24.3 Å². The highest BCUT2D eigenvalue weighted by Crippen LogP contribution is 2.19. The van der Waals surface area contributed by atoms with Gasteiger partial charge in [-0.15, -0.1) is 11.8 Å². The second kappa shape index (κ2) is 5.86. The van der Waals surface area contributed by atoms with Crippen molar-refractivity contribution in [3.8, 4) is 0 Å². The maximum absolute atomic E-state index is 12.7. The first-order chi connectivity index (χ1) is 8.65. The first kappa shape index (κ1) is 12.9. The smallest absolute Gasteiger partial charge is 0.233 e. The first-order valence-electron chi connectivity index (χ1n) is 5.60. The molecule has 2 rings (SSSR count). The summed E-state index contributed by atoms with van der Waals surface area (Å²) in [6, 6.07) is 5.53. The molecule has 2 amide bonds. The van der Waals surface area contributed by atoms with Crippen LogP contribution in [-0.4, -0.2) is 29.4 Å². The molecule has 4 nitrogen and oxygen atoms in total. The van der Waals surface area contributed by atoms with Gasteiger partial charge in [-0.1, -0.05) is 0 Å². The number of nitrogens with one attached hydrogen (secondary N) is 2. The quantitative estimate of drug-likeness (QED) is 0.871. The number of amides is 2. The Balaban J connectivity index is 1.88. The summed E-state index contributed by atoms with van der Waals surface area (Å²) in [6.45, 7) is 0.652. The molecule has 0 radical (unpaired) electrons. The Labute approximate surface area is 108 Å². The zero-order valence-electron chi connectivity index (χ0n) is 9.61. The van der Waals surface area contributed by atoms with E-state index in [0.29, 0.717) is 12.2 Å². The average Bonchev–Trinajstić information content (AvgIpc) is 2.35. The van der Waals surface area contributed by atoms with Gasteiger partial charge in [0.05, 0.1) is 5.25 Å². The van der Waals surface area contributed by atoms with Crippen molar-refractivity contribution in [1.29, 1.82) is 0 Å². The minimum absolute atomic E-state index is 0.0968. The topological polar surface area (TPSA) is 58.2 Å². The molecule has 1 aliphatic heterocycles. The van der Waals surface area contributed by atoms with Gasteiger partial charge in [-0.2, -0.15) is 0 Å². The highest BCUT2D eigenvalue weighted by atomic mass is 32.2. The number of carbonyl (C=O) groups excluding carboxylic acids is 2. The Morgan fingerprint density at radius 1 is 1.44 bits per heavy atom. The highest BCUT2D eigenvalue weighted by molar-refractivity contribution is 8.00. The number of halogens is 1. The summed E-state index contributed by atoms with van der Waals surface area (Å²) in [5.41, 5.74) is 0.530. The van der Waals surface area contributed by atoms with Crippen LogP contribution in [0.15, 0.2) is 24.3 Å². The monoisotopic (exact) mass is 268 g/mol. The van der Waals surface area contributed by atoms with E-state index in [1.807, 2.05) is 0 Å². The molecular weight excluding hydrogens is 255 g/mol. The van der Waals surface area contributed by atoms with Crippen molar-refractivity contribution in [2.24, 2.45) is 0 Å². The molecule has 1 aliphatic rings. The van der Waals surface area contributed by atoms with Crippen LogP contribution in [0.1, 0.15) is 6.42 Å². The first-order valence-corrected chi connectivity index (χ1v) is 6.65. The number of hydrogen-bond donors (Lipinski definition) is 2. The molecule has 0 saturated carbocycles. The molecule has 1 aromatic rings. The number of hydrogen-bond acceptors (Lipinski definition) is 3. The zero-order valence-corrected chi connectivity index (χ0v) is 10.4. The van der Waals surface area contributed by atoms with E-state index < -0.39 is 0 Å². The van der Waals surface area contributed by atoms with Gasteiger partial charge in [-0.25, -0.2) is 4.39 Å². The Kier molecular flexibility index (Phi) is 4.19. The standard InChI is InChI=1S/C12H13FN2O2S/c13-8-1-3-9(4-2-8)15-11(16)7-10-12(17)14-5-6-18-10/h1-4,10H,5-7H2,(H,14,17)(H,15,16). The lowest BCUT2D eigenvalue weighted by Gasteiger charge is -2.20. The van der Waals surface area contributed by atoms with E-state index in [2.05, 4.69) is 10.6 Å². The van der Waals surface area contributed by atoms with E-state index >= 15 is 0 Å². The summed E-state index contributed by atoms with van der Waals surface area (Å²) >= 11 is 1.48. The summed E-state index contributed by atoms with van der Waals surface area (Å²) in [4.78, 5) is 23.2. The van der Waals surface area contributed by atoms with E-state index in [9.17, 15) is 14.0 Å². The van der Waals surface area contributed by atoms with E-state index in [0.717, 1.165) is 5.75 Å². The van der Waals surface area contributed by atoms with E-state index in [-0.39, 0.29) is 29.3 Å². The summed E-state index contributed by atoms with van der Waals surface area (Å²) in [7, 11) is 0. The normalized spacial score (nSPS) is 19.2. The van der Waals surface area contributed by atoms with Crippen LogP contribution in [0.3, 0.4) is 0 Å². The van der Waals surface area contributed by atoms with Gasteiger partial charge in [0.2, 0.25) is 11.8 Å². The van der Waals surface area contributed by atoms with Crippen LogP contribution in [0.25, 0.3) is 0 Å². The minimum Gasteiger partial charge on any atom is -0.354 e. The Morgan fingerprint density at radius 3 is 2.83 bits per heavy atom. The number of rotatable bonds is 3. The van der Waals surface area contributed by atoms with Crippen molar-refractivity contribution in [1.82, 2.24) is 5.32 Å². The molecular formula is C12H13FN2O2S. The van der Waals surface area contributed by atoms with E-state index in [4.69, 9.17) is 0 Å². The third kappa shape index (κ3) is 3.46. The van der Waals surface area contributed by atoms with Crippen molar-refractivity contribution >= 4 is 29.3 Å². The van der Waals surface area contributed by atoms with Gasteiger partial charge in [0.25, 0.3) is 0 Å². The maximum Gasteiger partial charge on any atom is 0.233 e. The number of anilines is 1. The van der Waals surface area contributed by atoms with Crippen molar-refractivity contribution in [3.63, 3.8) is 0 Å². The third-order valence-electron chi connectivity index (χ3n) is 2.51. The molecule has 18 heavy (non-hydrogen) atoms. The Morgan fingerprint density at radius 2 is 2.17 bits per heavy atom. The molecule has 1 fully saturated rings. The molecule has 96 valence electrons. The van der Waals surface area contributed by atoms with Crippen molar-refractivity contribution < 1.29 is 14.0 Å². The summed E-state index contributed by atoms with van der Waals surface area (Å²) in [6.07, 6.45) is 0.133. The molecule has 1 unspecified atom stereocenters. The molecule has 0 aromatic heterocycles. The highest BCUT2D eigenvalue weighted by Gasteiger charge is 2.25. The largest absolute Gasteiger partial charge is 0.354 e. The fourth-order valence-corrected chi connectivity index (χ4v) is 2.64. The maximum atomic E-state index is 12.7. The summed E-state index contributed by atoms with van der Waals surface area (Å²) < 4.78 is 12.7. The molecule has 6 heteroatoms. The van der Waals surface area contributed by atoms with Crippen LogP contribution in [0, 0.1) is 5.82 Å². The van der Waals surface area contributed by atoms with Crippen LogP contribution in [-0.2, 0) is 9.59 Å². The average molecular weight is 268 g/mol. The van der Waals surface area contributed by atoms with Crippen molar-refractivity contribution in [3.05, 3.63) is 30.1 Å². The molecule has 1 aromatic carbocycles. The van der Waals surface area contributed by atoms with E-state index in [1.165, 1.54) is 36.0 Å². The molecule has 1 saturated heterocycles. The van der Waals surface area contributed by atoms with Crippen LogP contribution in [0.2, 0.25) is 0 Å². The summed E-state index contributed by atoms with van der Waals surface area (Å²) in [5.74, 6) is 0.132. The van der Waals surface area contributed by atoms with Gasteiger partial charge in [0.1, 0.15) is 5.82 Å². The molecule has 0 spiro atoms. The second-order valence-electron chi connectivity index (χ2n) is 3.91. The van der Waals surface area contributed by atoms with Crippen LogP contribution in [0.4, 0.5) is 10.1 Å². The van der Waals surface area contributed by atoms with Gasteiger partial charge in [-0.3, -0.25) is 9.59 Å². The van der Waals surface area contributed by atoms with E-state index in [1.54, 1.807) is 0 Å². The molecule has 0 bridgehead atoms. The predicted octanol–water partition coefficient (Wildman–Crippen LogP) is 1.39. The number of thioether (sulfide) groups is 1. The molecule has 1 atom stereocenters. The molecule has 2 N–H and O–H groups in total. The Hall–Kier alpha value is -1.56. The van der Waals surface area contributed by atoms with Gasteiger partial charge < -0.3 is 10.6 Å². The van der Waals surface area contributed by atoms with Gasteiger partial charge in [0.15, 0.2) is 0 Å². The molecule has 1 heterocycles. The minimum atomic E-state index is -0.352. The fraction of sp³-hybridized carbons (Fsp3) is 0.333. The van der Waals surface area contributed by atoms with Crippen molar-refractivity contribution in [2.45, 2.75) is 11.7 Å². The van der Waals surface area contributed by atoms with Gasteiger partial charge >= 0.3 is 0 Å². The number of carbonyl (C=O) groups is 2. The van der Waals surface area contributed by atoms with Crippen LogP contribution >= 0.6 is 11.8 Å². The fourth-order valence-electron chi connectivity index (χ4n) is 1.63. The van der Waals surface area contributed by atoms with Crippen LogP contribution < -0.4 is 10.6 Å². The van der Waals surface area contributed by atoms with Gasteiger partial charge in [0, 0.05) is 24.4 Å². The Bertz CT molecular complexity index is 450. The summed E-state index contributed by atoms with van der Waals surface area (Å²) in [5, 5.41) is 5.02. The lowest BCUT2D eigenvalue weighted by Crippen LogP contribution is -2.40. The predicted molar refractivity (Wildman–Crippen MR) is 68.9 cm³/mol. The third-order valence-corrected chi connectivity index (χ3v) is 3.73. The second-order valence-corrected chi connectivity index (χ2v) is 5.22. The van der Waals surface area contributed by atoms with Crippen molar-refractivity contribution in [2.75, 3.05) is 17.6 Å². The number of benzene rings is 1. The lowest BCUT2D eigenvalue weighted by atomic mass is 10.2. The lowest BCUT2D eigenvalue weighted by molar-refractivity contribution is -0.123. The SMILES string of the molecule is O=C(CC1SCCNC1=O)Nc1ccc(F)cc1. The van der Waals surface area contributed by atoms with Crippen LogP contribution in [0.5, 0.6) is 0 Å².